The quantitative estimate of drug-likeness (QED) is 0.115. The molecule has 0 unspecified atom stereocenters. The number of carbonyl (C=O) groups excluding carboxylic acids is 4. The number of carboxylic acid groups (broad SMARTS) is 2. The second kappa shape index (κ2) is 15.7. The van der Waals surface area contributed by atoms with Gasteiger partial charge in [-0.2, -0.15) is 0 Å². The topological polar surface area (TPSA) is 231 Å². The van der Waals surface area contributed by atoms with Crippen molar-refractivity contribution in [3.63, 3.8) is 0 Å². The highest BCUT2D eigenvalue weighted by Crippen LogP contribution is 2.02. The summed E-state index contributed by atoms with van der Waals surface area (Å²) >= 11 is 0. The SMILES string of the molecule is NCCCC[C@H](N)C(=O)NCC(=O)N[C@@H](CCC(=O)O)C(=O)N[C@H]([C]=O)CCC(=O)O. The third kappa shape index (κ3) is 13.7. The summed E-state index contributed by atoms with van der Waals surface area (Å²) in [5.41, 5.74) is 11.1. The molecule has 0 fully saturated rings. The van der Waals surface area contributed by atoms with E-state index in [0.717, 1.165) is 0 Å². The number of carboxylic acids is 2. The Labute approximate surface area is 179 Å². The maximum absolute atomic E-state index is 12.3. The first-order valence-electron chi connectivity index (χ1n) is 9.75. The molecule has 3 atom stereocenters. The van der Waals surface area contributed by atoms with Crippen molar-refractivity contribution in [2.45, 2.75) is 63.1 Å². The Morgan fingerprint density at radius 2 is 1.48 bits per heavy atom. The third-order valence-electron chi connectivity index (χ3n) is 4.13. The van der Waals surface area contributed by atoms with Gasteiger partial charge in [0, 0.05) is 12.8 Å². The second-order valence-electron chi connectivity index (χ2n) is 6.77. The molecule has 0 aliphatic rings. The molecule has 0 aliphatic heterocycles. The van der Waals surface area contributed by atoms with Gasteiger partial charge in [-0.1, -0.05) is 6.42 Å². The molecule has 0 aromatic rings. The van der Waals surface area contributed by atoms with Crippen LogP contribution in [0, 0.1) is 0 Å². The van der Waals surface area contributed by atoms with Gasteiger partial charge in [-0.25, -0.2) is 0 Å². The third-order valence-corrected chi connectivity index (χ3v) is 4.13. The van der Waals surface area contributed by atoms with Crippen LogP contribution in [0.3, 0.4) is 0 Å². The van der Waals surface area contributed by atoms with Crippen LogP contribution in [0.2, 0.25) is 0 Å². The molecule has 0 bridgehead atoms. The molecule has 0 saturated heterocycles. The van der Waals surface area contributed by atoms with Gasteiger partial charge in [0.05, 0.1) is 18.6 Å². The number of unbranched alkanes of at least 4 members (excludes halogenated alkanes) is 1. The molecule has 1 radical (unpaired) electrons. The van der Waals surface area contributed by atoms with Crippen molar-refractivity contribution >= 4 is 35.9 Å². The molecule has 3 amide bonds. The van der Waals surface area contributed by atoms with Crippen LogP contribution in [0.4, 0.5) is 0 Å². The summed E-state index contributed by atoms with van der Waals surface area (Å²) < 4.78 is 0. The van der Waals surface area contributed by atoms with E-state index >= 15 is 0 Å². The Bertz CT molecular complexity index is 642. The number of nitrogens with two attached hydrogens (primary N) is 2. The van der Waals surface area contributed by atoms with Gasteiger partial charge in [0.15, 0.2) is 0 Å². The van der Waals surface area contributed by atoms with E-state index < -0.39 is 67.2 Å². The van der Waals surface area contributed by atoms with Gasteiger partial charge in [0.2, 0.25) is 24.0 Å². The Morgan fingerprint density at radius 1 is 0.871 bits per heavy atom. The number of rotatable bonds is 17. The van der Waals surface area contributed by atoms with Crippen LogP contribution < -0.4 is 27.4 Å². The smallest absolute Gasteiger partial charge is 0.303 e. The number of hydrogen-bond acceptors (Lipinski definition) is 8. The molecular formula is C18H30N5O8. The molecule has 0 saturated carbocycles. The molecule has 13 nitrogen and oxygen atoms in total. The first-order valence-corrected chi connectivity index (χ1v) is 9.75. The van der Waals surface area contributed by atoms with E-state index in [1.165, 1.54) is 6.29 Å². The number of hydrogen-bond donors (Lipinski definition) is 7. The molecule has 0 aromatic heterocycles. The number of amides is 3. The molecule has 9 N–H and O–H groups in total. The van der Waals surface area contributed by atoms with Crippen LogP contribution in [0.25, 0.3) is 0 Å². The van der Waals surface area contributed by atoms with Gasteiger partial charge in [0.25, 0.3) is 0 Å². The zero-order valence-corrected chi connectivity index (χ0v) is 17.1. The average molecular weight is 444 g/mol. The fraction of sp³-hybridized carbons (Fsp3) is 0.667. The van der Waals surface area contributed by atoms with Crippen molar-refractivity contribution in [3.05, 3.63) is 0 Å². The lowest BCUT2D eigenvalue weighted by atomic mass is 10.1. The Hall–Kier alpha value is -3.06. The Balaban J connectivity index is 4.78. The van der Waals surface area contributed by atoms with Crippen molar-refractivity contribution in [2.75, 3.05) is 13.1 Å². The van der Waals surface area contributed by atoms with Gasteiger partial charge in [-0.05, 0) is 32.2 Å². The van der Waals surface area contributed by atoms with Crippen LogP contribution in [0.5, 0.6) is 0 Å². The monoisotopic (exact) mass is 444 g/mol. The largest absolute Gasteiger partial charge is 0.481 e. The number of nitrogens with one attached hydrogen (secondary N) is 3. The number of aliphatic carboxylic acids is 2. The van der Waals surface area contributed by atoms with Crippen molar-refractivity contribution < 1.29 is 39.0 Å². The van der Waals surface area contributed by atoms with Crippen LogP contribution in [0.1, 0.15) is 44.9 Å². The van der Waals surface area contributed by atoms with E-state index in [2.05, 4.69) is 16.0 Å². The molecule has 0 aliphatic carbocycles. The minimum atomic E-state index is -1.32. The van der Waals surface area contributed by atoms with Gasteiger partial charge in [0.1, 0.15) is 6.04 Å². The van der Waals surface area contributed by atoms with Crippen LogP contribution >= 0.6 is 0 Å². The predicted molar refractivity (Wildman–Crippen MR) is 107 cm³/mol. The lowest BCUT2D eigenvalue weighted by Crippen LogP contribution is -2.53. The predicted octanol–water partition coefficient (Wildman–Crippen LogP) is -2.63. The van der Waals surface area contributed by atoms with Gasteiger partial charge in [-0.15, -0.1) is 0 Å². The van der Waals surface area contributed by atoms with E-state index in [4.69, 9.17) is 21.7 Å². The van der Waals surface area contributed by atoms with Gasteiger partial charge >= 0.3 is 11.9 Å². The molecule has 0 spiro atoms. The summed E-state index contributed by atoms with van der Waals surface area (Å²) in [5.74, 6) is -4.61. The van der Waals surface area contributed by atoms with Crippen molar-refractivity contribution in [1.82, 2.24) is 16.0 Å². The van der Waals surface area contributed by atoms with Crippen LogP contribution in [-0.2, 0) is 28.8 Å². The van der Waals surface area contributed by atoms with Crippen LogP contribution in [-0.4, -0.2) is 77.4 Å². The highest BCUT2D eigenvalue weighted by molar-refractivity contribution is 5.92. The zero-order chi connectivity index (χ0) is 23.8. The first kappa shape index (κ1) is 27.9. The summed E-state index contributed by atoms with van der Waals surface area (Å²) in [6.45, 7) is -0.0297. The molecule has 31 heavy (non-hydrogen) atoms. The lowest BCUT2D eigenvalue weighted by Gasteiger charge is -2.20. The van der Waals surface area contributed by atoms with E-state index in [-0.39, 0.29) is 12.8 Å². The van der Waals surface area contributed by atoms with E-state index in [1.807, 2.05) is 0 Å². The highest BCUT2D eigenvalue weighted by Gasteiger charge is 2.25. The minimum Gasteiger partial charge on any atom is -0.481 e. The van der Waals surface area contributed by atoms with Crippen molar-refractivity contribution in [1.29, 1.82) is 0 Å². The standard InChI is InChI=1S/C18H30N5O8/c19-8-2-1-3-12(20)17(30)21-9-14(25)23-13(5-7-16(28)29)18(31)22-11(10-24)4-6-15(26)27/h11-13H,1-9,19-20H2,(H,21,30)(H,22,31)(H,23,25)(H,26,27)(H,28,29)/t11-,12-,13-/m0/s1. The van der Waals surface area contributed by atoms with E-state index in [9.17, 15) is 28.8 Å². The molecule has 0 rings (SSSR count). The fourth-order valence-electron chi connectivity index (χ4n) is 2.42. The summed E-state index contributed by atoms with van der Waals surface area (Å²) in [6.07, 6.45) is 1.85. The highest BCUT2D eigenvalue weighted by atomic mass is 16.4. The summed E-state index contributed by atoms with van der Waals surface area (Å²) in [4.78, 5) is 68.7. The summed E-state index contributed by atoms with van der Waals surface area (Å²) in [7, 11) is 0. The Kier molecular flexibility index (Phi) is 14.2. The molecule has 13 heteroatoms. The molecule has 175 valence electrons. The second-order valence-corrected chi connectivity index (χ2v) is 6.77. The number of carbonyl (C=O) groups is 5. The Morgan fingerprint density at radius 3 is 2.03 bits per heavy atom. The lowest BCUT2D eigenvalue weighted by molar-refractivity contribution is -0.139. The van der Waals surface area contributed by atoms with Crippen molar-refractivity contribution in [3.8, 4) is 0 Å². The maximum Gasteiger partial charge on any atom is 0.303 e. The fourth-order valence-corrected chi connectivity index (χ4v) is 2.42. The van der Waals surface area contributed by atoms with E-state index in [1.54, 1.807) is 0 Å². The molecular weight excluding hydrogens is 414 g/mol. The summed E-state index contributed by atoms with van der Waals surface area (Å²) in [6, 6.07) is -3.39. The first-order chi connectivity index (χ1) is 14.6. The molecule has 0 aromatic carbocycles. The minimum absolute atomic E-state index is 0.220. The summed E-state index contributed by atoms with van der Waals surface area (Å²) in [5, 5.41) is 24.3. The maximum atomic E-state index is 12.3. The van der Waals surface area contributed by atoms with Gasteiger partial charge < -0.3 is 37.6 Å². The zero-order valence-electron chi connectivity index (χ0n) is 17.1. The van der Waals surface area contributed by atoms with Crippen LogP contribution in [0.15, 0.2) is 0 Å². The van der Waals surface area contributed by atoms with E-state index in [0.29, 0.717) is 25.8 Å². The molecule has 0 heterocycles. The van der Waals surface area contributed by atoms with Crippen molar-refractivity contribution in [2.24, 2.45) is 11.5 Å². The normalized spacial score (nSPS) is 13.4. The average Bonchev–Trinajstić information content (AvgIpc) is 2.71. The van der Waals surface area contributed by atoms with Gasteiger partial charge in [-0.3, -0.25) is 28.8 Å².